The SMILES string of the molecule is CC(C)(C)OC(=O)N[C@H](CCO)C(=O)O.[H-].[Na+]. The molecule has 6 nitrogen and oxygen atoms in total. The predicted molar refractivity (Wildman–Crippen MR) is 53.6 cm³/mol. The fourth-order valence-corrected chi connectivity index (χ4v) is 0.836. The molecule has 0 bridgehead atoms. The molecule has 1 atom stereocenters. The van der Waals surface area contributed by atoms with Crippen LogP contribution in [0.3, 0.4) is 0 Å². The van der Waals surface area contributed by atoms with Crippen molar-refractivity contribution in [1.82, 2.24) is 5.32 Å². The Morgan fingerprint density at radius 1 is 1.44 bits per heavy atom. The van der Waals surface area contributed by atoms with Crippen LogP contribution in [0.25, 0.3) is 0 Å². The molecule has 16 heavy (non-hydrogen) atoms. The first-order valence-electron chi connectivity index (χ1n) is 4.59. The summed E-state index contributed by atoms with van der Waals surface area (Å²) in [6.07, 6.45) is -0.850. The van der Waals surface area contributed by atoms with Gasteiger partial charge in [-0.25, -0.2) is 9.59 Å². The van der Waals surface area contributed by atoms with Crippen molar-refractivity contribution in [3.63, 3.8) is 0 Å². The van der Waals surface area contributed by atoms with Gasteiger partial charge in [0, 0.05) is 13.0 Å². The van der Waals surface area contributed by atoms with Gasteiger partial charge in [-0.2, -0.15) is 0 Å². The Kier molecular flexibility index (Phi) is 8.91. The van der Waals surface area contributed by atoms with Crippen LogP contribution in [0.4, 0.5) is 4.79 Å². The van der Waals surface area contributed by atoms with E-state index in [1.54, 1.807) is 20.8 Å². The number of aliphatic carboxylic acids is 1. The van der Waals surface area contributed by atoms with Crippen LogP contribution in [0.2, 0.25) is 0 Å². The van der Waals surface area contributed by atoms with Crippen LogP contribution < -0.4 is 34.9 Å². The number of alkyl carbamates (subject to hydrolysis) is 1. The number of rotatable bonds is 4. The Bertz CT molecular complexity index is 244. The van der Waals surface area contributed by atoms with Crippen molar-refractivity contribution in [2.24, 2.45) is 0 Å². The molecular formula is C9H18NNaO5. The molecule has 0 unspecified atom stereocenters. The molecule has 3 N–H and O–H groups in total. The summed E-state index contributed by atoms with van der Waals surface area (Å²) in [5, 5.41) is 19.4. The summed E-state index contributed by atoms with van der Waals surface area (Å²) in [6.45, 7) is 4.71. The van der Waals surface area contributed by atoms with Crippen LogP contribution in [0.1, 0.15) is 28.6 Å². The van der Waals surface area contributed by atoms with Gasteiger partial charge < -0.3 is 21.7 Å². The summed E-state index contributed by atoms with van der Waals surface area (Å²) in [7, 11) is 0. The molecule has 0 fully saturated rings. The van der Waals surface area contributed by atoms with Crippen molar-refractivity contribution in [1.29, 1.82) is 0 Å². The molecule has 0 saturated carbocycles. The Hall–Kier alpha value is -0.300. The number of amides is 1. The number of ether oxygens (including phenoxy) is 1. The molecule has 7 heteroatoms. The van der Waals surface area contributed by atoms with Crippen molar-refractivity contribution in [2.75, 3.05) is 6.61 Å². The first kappa shape index (κ1) is 18.1. The van der Waals surface area contributed by atoms with E-state index >= 15 is 0 Å². The molecule has 0 spiro atoms. The third kappa shape index (κ3) is 8.96. The fraction of sp³-hybridized carbons (Fsp3) is 0.778. The molecule has 0 radical (unpaired) electrons. The molecule has 0 heterocycles. The van der Waals surface area contributed by atoms with Crippen molar-refractivity contribution in [3.8, 4) is 0 Å². The summed E-state index contributed by atoms with van der Waals surface area (Å²) in [6, 6.07) is -1.12. The van der Waals surface area contributed by atoms with E-state index in [4.69, 9.17) is 14.9 Å². The summed E-state index contributed by atoms with van der Waals surface area (Å²) in [5.41, 5.74) is -0.674. The number of carboxylic acid groups (broad SMARTS) is 1. The molecule has 0 aliphatic heterocycles. The number of carbonyl (C=O) groups excluding carboxylic acids is 1. The van der Waals surface area contributed by atoms with E-state index in [9.17, 15) is 9.59 Å². The Labute approximate surface area is 118 Å². The third-order valence-corrected chi connectivity index (χ3v) is 1.41. The third-order valence-electron chi connectivity index (χ3n) is 1.41. The van der Waals surface area contributed by atoms with Crippen LogP contribution in [0.15, 0.2) is 0 Å². The average molecular weight is 243 g/mol. The zero-order valence-electron chi connectivity index (χ0n) is 11.1. The first-order valence-corrected chi connectivity index (χ1v) is 4.59. The zero-order chi connectivity index (χ0) is 12.1. The average Bonchev–Trinajstić information content (AvgIpc) is 1.99. The maximum Gasteiger partial charge on any atom is 1.00 e. The van der Waals surface area contributed by atoms with Gasteiger partial charge in [-0.3, -0.25) is 0 Å². The smallest absolute Gasteiger partial charge is 1.00 e. The second-order valence-corrected chi connectivity index (χ2v) is 4.05. The molecule has 0 aliphatic carbocycles. The van der Waals surface area contributed by atoms with Gasteiger partial charge in [0.15, 0.2) is 0 Å². The molecule has 90 valence electrons. The van der Waals surface area contributed by atoms with E-state index < -0.39 is 23.7 Å². The standard InChI is InChI=1S/C9H17NO5.Na.H/c1-9(2,3)15-8(14)10-6(4-5-11)7(12)13;;/h6,11H,4-5H2,1-3H3,(H,10,14)(H,12,13);;/q;+1;-1/t6-;;/m1../s1. The minimum absolute atomic E-state index is 0. The summed E-state index contributed by atoms with van der Waals surface area (Å²) in [5.74, 6) is -1.20. The van der Waals surface area contributed by atoms with E-state index in [-0.39, 0.29) is 44.0 Å². The molecule has 0 aromatic heterocycles. The monoisotopic (exact) mass is 243 g/mol. The van der Waals surface area contributed by atoms with Gasteiger partial charge in [-0.05, 0) is 20.8 Å². The maximum absolute atomic E-state index is 11.2. The number of aliphatic hydroxyl groups is 1. The Morgan fingerprint density at radius 3 is 2.25 bits per heavy atom. The molecule has 0 aliphatic rings. The zero-order valence-corrected chi connectivity index (χ0v) is 12.1. The molecule has 0 aromatic rings. The van der Waals surface area contributed by atoms with Gasteiger partial charge in [0.2, 0.25) is 0 Å². The number of aliphatic hydroxyl groups excluding tert-OH is 1. The van der Waals surface area contributed by atoms with Crippen LogP contribution in [-0.2, 0) is 9.53 Å². The van der Waals surface area contributed by atoms with E-state index in [0.717, 1.165) is 0 Å². The fourth-order valence-electron chi connectivity index (χ4n) is 0.836. The molecule has 1 amide bonds. The van der Waals surface area contributed by atoms with E-state index in [1.807, 2.05) is 0 Å². The molecule has 0 aromatic carbocycles. The number of hydrogen-bond acceptors (Lipinski definition) is 4. The van der Waals surface area contributed by atoms with Gasteiger partial charge in [0.25, 0.3) is 0 Å². The minimum Gasteiger partial charge on any atom is -1.00 e. The van der Waals surface area contributed by atoms with Crippen LogP contribution in [0, 0.1) is 0 Å². The summed E-state index contributed by atoms with van der Waals surface area (Å²) in [4.78, 5) is 21.8. The first-order chi connectivity index (χ1) is 6.76. The summed E-state index contributed by atoms with van der Waals surface area (Å²) < 4.78 is 4.87. The van der Waals surface area contributed by atoms with E-state index in [1.165, 1.54) is 0 Å². The molecule has 0 saturated heterocycles. The number of carboxylic acids is 1. The van der Waals surface area contributed by atoms with Crippen LogP contribution in [-0.4, -0.2) is 40.5 Å². The predicted octanol–water partition coefficient (Wildman–Crippen LogP) is -2.54. The molecular weight excluding hydrogens is 225 g/mol. The van der Waals surface area contributed by atoms with Crippen molar-refractivity contribution in [2.45, 2.75) is 38.8 Å². The van der Waals surface area contributed by atoms with E-state index in [2.05, 4.69) is 5.32 Å². The van der Waals surface area contributed by atoms with E-state index in [0.29, 0.717) is 0 Å². The van der Waals surface area contributed by atoms with Gasteiger partial charge in [0.1, 0.15) is 11.6 Å². The van der Waals surface area contributed by atoms with Crippen LogP contribution in [0.5, 0.6) is 0 Å². The quantitative estimate of drug-likeness (QED) is 0.473. The number of nitrogens with one attached hydrogen (secondary N) is 1. The second kappa shape index (κ2) is 7.89. The summed E-state index contributed by atoms with van der Waals surface area (Å²) >= 11 is 0. The Morgan fingerprint density at radius 2 is 1.94 bits per heavy atom. The van der Waals surface area contributed by atoms with Crippen molar-refractivity contribution < 1.29 is 55.5 Å². The van der Waals surface area contributed by atoms with Crippen LogP contribution >= 0.6 is 0 Å². The van der Waals surface area contributed by atoms with Crippen molar-refractivity contribution >= 4 is 12.1 Å². The molecule has 0 rings (SSSR count). The topological polar surface area (TPSA) is 95.9 Å². The largest absolute Gasteiger partial charge is 1.00 e. The maximum atomic E-state index is 11.2. The second-order valence-electron chi connectivity index (χ2n) is 4.05. The normalized spacial score (nSPS) is 12.2. The van der Waals surface area contributed by atoms with Gasteiger partial charge in [-0.15, -0.1) is 0 Å². The minimum atomic E-state index is -1.20. The Balaban J connectivity index is -0.000000980. The number of hydrogen-bond donors (Lipinski definition) is 3. The van der Waals surface area contributed by atoms with Gasteiger partial charge in [0.05, 0.1) is 0 Å². The number of carbonyl (C=O) groups is 2. The van der Waals surface area contributed by atoms with Crippen molar-refractivity contribution in [3.05, 3.63) is 0 Å². The van der Waals surface area contributed by atoms with Gasteiger partial charge >= 0.3 is 41.6 Å². The van der Waals surface area contributed by atoms with Gasteiger partial charge in [-0.1, -0.05) is 0 Å².